The summed E-state index contributed by atoms with van der Waals surface area (Å²) in [6.07, 6.45) is 0. The second-order valence-electron chi connectivity index (χ2n) is 13.8. The Morgan fingerprint density at radius 2 is 0.745 bits per heavy atom. The van der Waals surface area contributed by atoms with Crippen LogP contribution in [0, 0.1) is 0 Å². The second kappa shape index (κ2) is 13.9. The van der Waals surface area contributed by atoms with E-state index in [1.807, 2.05) is 48.5 Å². The van der Waals surface area contributed by atoms with Gasteiger partial charge in [-0.1, -0.05) is 176 Å². The molecule has 0 unspecified atom stereocenters. The first kappa shape index (κ1) is 32.3. The van der Waals surface area contributed by atoms with Crippen LogP contribution in [-0.2, 0) is 0 Å². The molecule has 0 radical (unpaired) electrons. The van der Waals surface area contributed by atoms with Crippen molar-refractivity contribution in [1.29, 1.82) is 0 Å². The lowest BCUT2D eigenvalue weighted by atomic mass is 9.92. The molecule has 3 heteroatoms. The molecule has 0 fully saturated rings. The van der Waals surface area contributed by atoms with Crippen LogP contribution in [-0.4, -0.2) is 9.97 Å². The molecule has 0 aliphatic heterocycles. The van der Waals surface area contributed by atoms with Gasteiger partial charge in [0.25, 0.3) is 0 Å². The summed E-state index contributed by atoms with van der Waals surface area (Å²) in [6, 6.07) is 72.2. The summed E-state index contributed by atoms with van der Waals surface area (Å²) in [5, 5.41) is 2.21. The number of benzene rings is 8. The number of aromatic nitrogens is 2. The highest BCUT2D eigenvalue weighted by atomic mass is 16.3. The first-order chi connectivity index (χ1) is 27.2. The average molecular weight is 703 g/mol. The summed E-state index contributed by atoms with van der Waals surface area (Å²) in [7, 11) is 0. The smallest absolute Gasteiger partial charge is 0.160 e. The Kier molecular flexibility index (Phi) is 8.16. The Bertz CT molecular complexity index is 2880. The van der Waals surface area contributed by atoms with Gasteiger partial charge in [0.05, 0.1) is 11.4 Å². The lowest BCUT2D eigenvalue weighted by Crippen LogP contribution is -1.96. The molecule has 0 bridgehead atoms. The highest BCUT2D eigenvalue weighted by Gasteiger charge is 2.17. The standard InChI is InChI=1S/C52H34N2O/c1-4-13-35(14-5-1)36-23-25-37(26-24-36)38-27-29-39(30-28-38)42-31-43(45-20-12-21-47-46-19-10-11-22-50(46)55-51(45)47)33-44(32-42)49-34-48(40-15-6-2-7-16-40)53-52(54-49)41-17-8-3-9-18-41/h1-34H. The zero-order valence-corrected chi connectivity index (χ0v) is 29.9. The van der Waals surface area contributed by atoms with Gasteiger partial charge in [0, 0.05) is 33.0 Å². The maximum Gasteiger partial charge on any atom is 0.160 e. The van der Waals surface area contributed by atoms with Crippen LogP contribution >= 0.6 is 0 Å². The third-order valence-corrected chi connectivity index (χ3v) is 10.3. The predicted molar refractivity (Wildman–Crippen MR) is 227 cm³/mol. The fourth-order valence-corrected chi connectivity index (χ4v) is 7.48. The van der Waals surface area contributed by atoms with Crippen LogP contribution in [0.5, 0.6) is 0 Å². The van der Waals surface area contributed by atoms with Gasteiger partial charge in [-0.25, -0.2) is 9.97 Å². The van der Waals surface area contributed by atoms with Gasteiger partial charge in [-0.15, -0.1) is 0 Å². The van der Waals surface area contributed by atoms with Crippen LogP contribution in [0.25, 0.3) is 100 Å². The van der Waals surface area contributed by atoms with Gasteiger partial charge in [-0.2, -0.15) is 0 Å². The molecule has 258 valence electrons. The molecule has 0 saturated heterocycles. The van der Waals surface area contributed by atoms with E-state index in [1.54, 1.807) is 0 Å². The van der Waals surface area contributed by atoms with Crippen LogP contribution < -0.4 is 0 Å². The van der Waals surface area contributed by atoms with Crippen molar-refractivity contribution >= 4 is 21.9 Å². The third kappa shape index (κ3) is 6.28. The molecule has 0 aliphatic carbocycles. The monoisotopic (exact) mass is 702 g/mol. The number of nitrogens with zero attached hydrogens (tertiary/aromatic N) is 2. The lowest BCUT2D eigenvalue weighted by Gasteiger charge is -2.14. The molecule has 0 saturated carbocycles. The zero-order chi connectivity index (χ0) is 36.6. The van der Waals surface area contributed by atoms with Gasteiger partial charge >= 0.3 is 0 Å². The van der Waals surface area contributed by atoms with Gasteiger partial charge < -0.3 is 4.42 Å². The highest BCUT2D eigenvalue weighted by molar-refractivity contribution is 6.09. The van der Waals surface area contributed by atoms with Crippen LogP contribution in [0.1, 0.15) is 0 Å². The van der Waals surface area contributed by atoms with Crippen molar-refractivity contribution in [2.45, 2.75) is 0 Å². The van der Waals surface area contributed by atoms with Crippen molar-refractivity contribution in [3.05, 3.63) is 206 Å². The molecule has 2 heterocycles. The van der Waals surface area contributed by atoms with Crippen molar-refractivity contribution in [2.75, 3.05) is 0 Å². The second-order valence-corrected chi connectivity index (χ2v) is 13.8. The Balaban J connectivity index is 1.12. The molecule has 10 aromatic rings. The largest absolute Gasteiger partial charge is 0.455 e. The van der Waals surface area contributed by atoms with E-state index in [0.717, 1.165) is 72.3 Å². The Morgan fingerprint density at radius 1 is 0.291 bits per heavy atom. The molecule has 0 spiro atoms. The molecule has 55 heavy (non-hydrogen) atoms. The summed E-state index contributed by atoms with van der Waals surface area (Å²) in [5.74, 6) is 0.686. The van der Waals surface area contributed by atoms with Gasteiger partial charge in [0.2, 0.25) is 0 Å². The van der Waals surface area contributed by atoms with Crippen LogP contribution in [0.2, 0.25) is 0 Å². The first-order valence-corrected chi connectivity index (χ1v) is 18.6. The normalized spacial score (nSPS) is 11.3. The SMILES string of the molecule is c1ccc(-c2ccc(-c3ccc(-c4cc(-c5cc(-c6ccccc6)nc(-c6ccccc6)n5)cc(-c5cccc6c5oc5ccccc56)c4)cc3)cc2)cc1. The van der Waals surface area contributed by atoms with E-state index >= 15 is 0 Å². The molecule has 0 aliphatic rings. The minimum Gasteiger partial charge on any atom is -0.455 e. The predicted octanol–water partition coefficient (Wildman–Crippen LogP) is 14.0. The summed E-state index contributed by atoms with van der Waals surface area (Å²) in [6.45, 7) is 0. The van der Waals surface area contributed by atoms with E-state index in [0.29, 0.717) is 5.82 Å². The summed E-state index contributed by atoms with van der Waals surface area (Å²) < 4.78 is 6.56. The fraction of sp³-hybridized carbons (Fsp3) is 0. The van der Waals surface area contributed by atoms with Crippen molar-refractivity contribution in [3.63, 3.8) is 0 Å². The maximum atomic E-state index is 6.56. The van der Waals surface area contributed by atoms with Crippen molar-refractivity contribution in [2.24, 2.45) is 0 Å². The van der Waals surface area contributed by atoms with Crippen molar-refractivity contribution in [3.8, 4) is 78.4 Å². The number of fused-ring (bicyclic) bond motifs is 3. The van der Waals surface area contributed by atoms with E-state index in [9.17, 15) is 0 Å². The van der Waals surface area contributed by atoms with Crippen LogP contribution in [0.3, 0.4) is 0 Å². The lowest BCUT2D eigenvalue weighted by molar-refractivity contribution is 0.670. The van der Waals surface area contributed by atoms with Crippen LogP contribution in [0.4, 0.5) is 0 Å². The topological polar surface area (TPSA) is 38.9 Å². The summed E-state index contributed by atoms with van der Waals surface area (Å²) >= 11 is 0. The van der Waals surface area contributed by atoms with Gasteiger partial charge in [-0.05, 0) is 69.3 Å². The zero-order valence-electron chi connectivity index (χ0n) is 29.9. The molecule has 0 amide bonds. The maximum absolute atomic E-state index is 6.56. The molecule has 3 nitrogen and oxygen atoms in total. The third-order valence-electron chi connectivity index (χ3n) is 10.3. The van der Waals surface area contributed by atoms with E-state index in [-0.39, 0.29) is 0 Å². The number of para-hydroxylation sites is 2. The molecule has 8 aromatic carbocycles. The molecular weight excluding hydrogens is 669 g/mol. The van der Waals surface area contributed by atoms with Gasteiger partial charge in [0.1, 0.15) is 11.2 Å². The van der Waals surface area contributed by atoms with Crippen molar-refractivity contribution < 1.29 is 4.42 Å². The highest BCUT2D eigenvalue weighted by Crippen LogP contribution is 2.40. The molecular formula is C52H34N2O. The minimum absolute atomic E-state index is 0.686. The quantitative estimate of drug-likeness (QED) is 0.166. The molecule has 2 aromatic heterocycles. The number of rotatable bonds is 7. The van der Waals surface area contributed by atoms with E-state index in [2.05, 4.69) is 158 Å². The molecule has 10 rings (SSSR count). The summed E-state index contributed by atoms with van der Waals surface area (Å²) in [5.41, 5.74) is 15.6. The van der Waals surface area contributed by atoms with Crippen molar-refractivity contribution in [1.82, 2.24) is 9.97 Å². The van der Waals surface area contributed by atoms with Gasteiger partial charge in [0.15, 0.2) is 5.82 Å². The fourth-order valence-electron chi connectivity index (χ4n) is 7.48. The number of hydrogen-bond donors (Lipinski definition) is 0. The Hall–Kier alpha value is -7.36. The average Bonchev–Trinajstić information content (AvgIpc) is 3.66. The Labute approximate surface area is 319 Å². The molecule has 0 N–H and O–H groups in total. The number of furan rings is 1. The first-order valence-electron chi connectivity index (χ1n) is 18.6. The number of hydrogen-bond acceptors (Lipinski definition) is 3. The Morgan fingerprint density at radius 3 is 1.38 bits per heavy atom. The summed E-state index contributed by atoms with van der Waals surface area (Å²) in [4.78, 5) is 10.3. The minimum atomic E-state index is 0.686. The molecule has 0 atom stereocenters. The van der Waals surface area contributed by atoms with E-state index in [1.165, 1.54) is 22.3 Å². The van der Waals surface area contributed by atoms with E-state index in [4.69, 9.17) is 14.4 Å². The van der Waals surface area contributed by atoms with E-state index < -0.39 is 0 Å². The van der Waals surface area contributed by atoms with Crippen LogP contribution in [0.15, 0.2) is 211 Å². The van der Waals surface area contributed by atoms with Gasteiger partial charge in [-0.3, -0.25) is 0 Å².